The highest BCUT2D eigenvalue weighted by Crippen LogP contribution is 2.34. The van der Waals surface area contributed by atoms with Crippen molar-refractivity contribution in [2.75, 3.05) is 13.6 Å². The van der Waals surface area contributed by atoms with Crippen molar-refractivity contribution >= 4 is 22.5 Å². The van der Waals surface area contributed by atoms with Gasteiger partial charge in [0.05, 0.1) is 11.6 Å². The number of hydrogen-bond donors (Lipinski definition) is 1. The molecule has 2 heterocycles. The van der Waals surface area contributed by atoms with E-state index in [4.69, 9.17) is 17.3 Å². The summed E-state index contributed by atoms with van der Waals surface area (Å²) < 4.78 is 0. The maximum absolute atomic E-state index is 6.33. The molecule has 1 fully saturated rings. The third kappa shape index (κ3) is 2.22. The minimum Gasteiger partial charge on any atom is -0.326 e. The molecule has 2 N–H and O–H groups in total. The van der Waals surface area contributed by atoms with Crippen molar-refractivity contribution in [2.24, 2.45) is 5.73 Å². The van der Waals surface area contributed by atoms with Crippen LogP contribution in [0.5, 0.6) is 0 Å². The third-order valence-corrected chi connectivity index (χ3v) is 4.32. The van der Waals surface area contributed by atoms with E-state index < -0.39 is 0 Å². The smallest absolute Gasteiger partial charge is 0.0765 e. The number of hydrogen-bond acceptors (Lipinski definition) is 3. The summed E-state index contributed by atoms with van der Waals surface area (Å²) in [6, 6.07) is 8.35. The molecule has 0 aliphatic carbocycles. The maximum Gasteiger partial charge on any atom is 0.0765 e. The van der Waals surface area contributed by atoms with Gasteiger partial charge in [-0.1, -0.05) is 17.7 Å². The van der Waals surface area contributed by atoms with Crippen LogP contribution in [0.4, 0.5) is 0 Å². The van der Waals surface area contributed by atoms with E-state index in [0.29, 0.717) is 0 Å². The number of nitrogens with zero attached hydrogens (tertiary/aromatic N) is 2. The maximum atomic E-state index is 6.33. The molecule has 0 bridgehead atoms. The second kappa shape index (κ2) is 5.08. The van der Waals surface area contributed by atoms with Crippen LogP contribution in [0, 0.1) is 0 Å². The Bertz CT molecular complexity index is 589. The summed E-state index contributed by atoms with van der Waals surface area (Å²) in [6.07, 6.45) is 4.04. The summed E-state index contributed by atoms with van der Waals surface area (Å²) in [5, 5.41) is 1.76. The molecule has 19 heavy (non-hydrogen) atoms. The summed E-state index contributed by atoms with van der Waals surface area (Å²) in [5.74, 6) is 0. The molecule has 0 spiro atoms. The van der Waals surface area contributed by atoms with Gasteiger partial charge in [-0.2, -0.15) is 0 Å². The Balaban J connectivity index is 2.17. The number of fused-ring (bicyclic) bond motifs is 1. The summed E-state index contributed by atoms with van der Waals surface area (Å²) in [5.41, 5.74) is 8.49. The van der Waals surface area contributed by atoms with Crippen LogP contribution < -0.4 is 5.73 Å². The van der Waals surface area contributed by atoms with Crippen LogP contribution in [0.3, 0.4) is 0 Å². The van der Waals surface area contributed by atoms with Crippen LogP contribution in [0.2, 0.25) is 5.02 Å². The van der Waals surface area contributed by atoms with E-state index in [-0.39, 0.29) is 12.1 Å². The summed E-state index contributed by atoms with van der Waals surface area (Å²) in [4.78, 5) is 6.84. The van der Waals surface area contributed by atoms with Crippen molar-refractivity contribution in [1.82, 2.24) is 9.88 Å². The first-order valence-electron chi connectivity index (χ1n) is 6.67. The Hall–Kier alpha value is -1.16. The van der Waals surface area contributed by atoms with E-state index in [0.717, 1.165) is 35.3 Å². The molecule has 1 saturated heterocycles. The molecule has 2 unspecified atom stereocenters. The standard InChI is InChI=1S/C15H18ClN3/c1-19-9-3-5-13(17)15(19)11-6-7-12(16)10-4-2-8-18-14(10)11/h2,4,6-8,13,15H,3,5,9,17H2,1H3. The highest BCUT2D eigenvalue weighted by molar-refractivity contribution is 6.35. The molecule has 3 rings (SSSR count). The van der Waals surface area contributed by atoms with Crippen LogP contribution in [0.15, 0.2) is 30.5 Å². The third-order valence-electron chi connectivity index (χ3n) is 4.00. The topological polar surface area (TPSA) is 42.1 Å². The summed E-state index contributed by atoms with van der Waals surface area (Å²) >= 11 is 6.26. The minimum absolute atomic E-state index is 0.158. The molecule has 2 atom stereocenters. The van der Waals surface area contributed by atoms with Crippen molar-refractivity contribution in [3.63, 3.8) is 0 Å². The Morgan fingerprint density at radius 2 is 2.21 bits per heavy atom. The number of piperidine rings is 1. The van der Waals surface area contributed by atoms with Gasteiger partial charge in [0.15, 0.2) is 0 Å². The van der Waals surface area contributed by atoms with Crippen molar-refractivity contribution < 1.29 is 0 Å². The molecule has 2 aromatic rings. The number of benzene rings is 1. The lowest BCUT2D eigenvalue weighted by Gasteiger charge is -2.38. The molecule has 1 aromatic carbocycles. The molecular formula is C15H18ClN3. The van der Waals surface area contributed by atoms with E-state index in [9.17, 15) is 0 Å². The van der Waals surface area contributed by atoms with Gasteiger partial charge < -0.3 is 5.73 Å². The lowest BCUT2D eigenvalue weighted by Crippen LogP contribution is -2.44. The number of halogens is 1. The fourth-order valence-electron chi connectivity index (χ4n) is 3.07. The Morgan fingerprint density at radius 1 is 1.37 bits per heavy atom. The largest absolute Gasteiger partial charge is 0.326 e. The van der Waals surface area contributed by atoms with Gasteiger partial charge in [0.2, 0.25) is 0 Å². The molecular weight excluding hydrogens is 258 g/mol. The van der Waals surface area contributed by atoms with E-state index in [1.54, 1.807) is 0 Å². The van der Waals surface area contributed by atoms with Crippen LogP contribution >= 0.6 is 11.6 Å². The zero-order valence-electron chi connectivity index (χ0n) is 11.0. The number of likely N-dealkylation sites (tertiary alicyclic amines) is 1. The number of rotatable bonds is 1. The second-order valence-corrected chi connectivity index (χ2v) is 5.67. The minimum atomic E-state index is 0.158. The molecule has 1 aromatic heterocycles. The van der Waals surface area contributed by atoms with Gasteiger partial charge >= 0.3 is 0 Å². The number of nitrogens with two attached hydrogens (primary N) is 1. The van der Waals surface area contributed by atoms with Gasteiger partial charge in [0.1, 0.15) is 0 Å². The first-order chi connectivity index (χ1) is 9.18. The SMILES string of the molecule is CN1CCCC(N)C1c1ccc(Cl)c2cccnc12. The fraction of sp³-hybridized carbons (Fsp3) is 0.400. The van der Waals surface area contributed by atoms with Crippen LogP contribution in [-0.2, 0) is 0 Å². The molecule has 1 aliphatic rings. The molecule has 4 heteroatoms. The first kappa shape index (κ1) is 12.9. The molecule has 3 nitrogen and oxygen atoms in total. The van der Waals surface area contributed by atoms with Crippen LogP contribution in [-0.4, -0.2) is 29.5 Å². The first-order valence-corrected chi connectivity index (χ1v) is 7.05. The lowest BCUT2D eigenvalue weighted by molar-refractivity contribution is 0.164. The van der Waals surface area contributed by atoms with Gasteiger partial charge in [-0.3, -0.25) is 9.88 Å². The average Bonchev–Trinajstić information content (AvgIpc) is 2.41. The molecule has 100 valence electrons. The average molecular weight is 276 g/mol. The Kier molecular flexibility index (Phi) is 3.44. The van der Waals surface area contributed by atoms with E-state index in [2.05, 4.69) is 23.0 Å². The quantitative estimate of drug-likeness (QED) is 0.870. The van der Waals surface area contributed by atoms with Gasteiger partial charge in [-0.05, 0) is 50.2 Å². The summed E-state index contributed by atoms with van der Waals surface area (Å²) in [6.45, 7) is 1.08. The van der Waals surface area contributed by atoms with Crippen LogP contribution in [0.1, 0.15) is 24.4 Å². The molecule has 0 radical (unpaired) electrons. The van der Waals surface area contributed by atoms with Gasteiger partial charge in [0, 0.05) is 22.6 Å². The Morgan fingerprint density at radius 3 is 3.00 bits per heavy atom. The molecule has 0 amide bonds. The van der Waals surface area contributed by atoms with E-state index in [1.807, 2.05) is 24.4 Å². The van der Waals surface area contributed by atoms with E-state index in [1.165, 1.54) is 5.56 Å². The predicted octanol–water partition coefficient (Wildman–Crippen LogP) is 2.98. The zero-order valence-corrected chi connectivity index (χ0v) is 11.8. The highest BCUT2D eigenvalue weighted by Gasteiger charge is 2.29. The number of pyridine rings is 1. The lowest BCUT2D eigenvalue weighted by atomic mass is 9.90. The van der Waals surface area contributed by atoms with Gasteiger partial charge in [0.25, 0.3) is 0 Å². The van der Waals surface area contributed by atoms with Gasteiger partial charge in [-0.15, -0.1) is 0 Å². The number of aromatic nitrogens is 1. The molecule has 0 saturated carbocycles. The highest BCUT2D eigenvalue weighted by atomic mass is 35.5. The van der Waals surface area contributed by atoms with E-state index >= 15 is 0 Å². The fourth-order valence-corrected chi connectivity index (χ4v) is 3.28. The summed E-state index contributed by atoms with van der Waals surface area (Å²) in [7, 11) is 2.13. The predicted molar refractivity (Wildman–Crippen MR) is 79.3 cm³/mol. The second-order valence-electron chi connectivity index (χ2n) is 5.27. The molecule has 1 aliphatic heterocycles. The van der Waals surface area contributed by atoms with Crippen molar-refractivity contribution in [1.29, 1.82) is 0 Å². The van der Waals surface area contributed by atoms with Crippen molar-refractivity contribution in [3.8, 4) is 0 Å². The zero-order chi connectivity index (χ0) is 13.4. The Labute approximate surface area is 118 Å². The van der Waals surface area contributed by atoms with Crippen molar-refractivity contribution in [3.05, 3.63) is 41.0 Å². The normalized spacial score (nSPS) is 24.8. The number of likely N-dealkylation sites (N-methyl/N-ethyl adjacent to an activating group) is 1. The van der Waals surface area contributed by atoms with Gasteiger partial charge in [-0.25, -0.2) is 0 Å². The monoisotopic (exact) mass is 275 g/mol. The van der Waals surface area contributed by atoms with Crippen molar-refractivity contribution in [2.45, 2.75) is 24.9 Å². The van der Waals surface area contributed by atoms with Crippen LogP contribution in [0.25, 0.3) is 10.9 Å².